The van der Waals surface area contributed by atoms with Crippen LogP contribution in [0.25, 0.3) is 16.9 Å². The lowest BCUT2D eigenvalue weighted by molar-refractivity contribution is -0.181. The van der Waals surface area contributed by atoms with Crippen molar-refractivity contribution in [3.63, 3.8) is 0 Å². The van der Waals surface area contributed by atoms with Gasteiger partial charge in [0.15, 0.2) is 11.5 Å². The molecule has 0 radical (unpaired) electrons. The van der Waals surface area contributed by atoms with Gasteiger partial charge in [0.2, 0.25) is 5.95 Å². The van der Waals surface area contributed by atoms with Crippen LogP contribution in [0.2, 0.25) is 0 Å². The highest BCUT2D eigenvalue weighted by atomic mass is 19.4. The minimum absolute atomic E-state index is 0.157. The molecule has 1 fully saturated rings. The van der Waals surface area contributed by atoms with Crippen molar-refractivity contribution in [1.82, 2.24) is 29.2 Å². The average molecular weight is 555 g/mol. The van der Waals surface area contributed by atoms with Gasteiger partial charge in [0, 0.05) is 49.8 Å². The van der Waals surface area contributed by atoms with Crippen LogP contribution in [-0.4, -0.2) is 68.6 Å². The Bertz CT molecular complexity index is 1570. The van der Waals surface area contributed by atoms with Crippen molar-refractivity contribution in [1.29, 1.82) is 0 Å². The summed E-state index contributed by atoms with van der Waals surface area (Å²) in [6, 6.07) is 12.1. The number of piperazine rings is 1. The number of aromatic nitrogens is 5. The summed E-state index contributed by atoms with van der Waals surface area (Å²) in [5.41, 5.74) is -0.551. The summed E-state index contributed by atoms with van der Waals surface area (Å²) in [6.07, 6.45) is -3.07. The molecule has 1 N–H and O–H groups in total. The van der Waals surface area contributed by atoms with Crippen LogP contribution in [0.5, 0.6) is 0 Å². The number of alkyl halides is 3. The lowest BCUT2D eigenvalue weighted by Gasteiger charge is -2.34. The van der Waals surface area contributed by atoms with E-state index in [0.29, 0.717) is 0 Å². The van der Waals surface area contributed by atoms with E-state index in [1.165, 1.54) is 27.7 Å². The second-order valence-electron chi connectivity index (χ2n) is 11.0. The van der Waals surface area contributed by atoms with Crippen molar-refractivity contribution < 1.29 is 13.2 Å². The quantitative estimate of drug-likeness (QED) is 0.363. The number of anilines is 3. The molecule has 1 aromatic carbocycles. The predicted molar refractivity (Wildman–Crippen MR) is 150 cm³/mol. The van der Waals surface area contributed by atoms with Crippen molar-refractivity contribution in [2.75, 3.05) is 43.4 Å². The van der Waals surface area contributed by atoms with E-state index >= 15 is 0 Å². The molecule has 12 heteroatoms. The molecule has 0 unspecified atom stereocenters. The maximum absolute atomic E-state index is 13.8. The van der Waals surface area contributed by atoms with E-state index in [1.54, 1.807) is 6.07 Å². The Morgan fingerprint density at radius 1 is 0.950 bits per heavy atom. The first kappa shape index (κ1) is 27.6. The number of likely N-dealkylation sites (N-methyl/N-ethyl adjacent to an activating group) is 1. The number of fused-ring (bicyclic) bond motifs is 1. The third-order valence-electron chi connectivity index (χ3n) is 7.40. The van der Waals surface area contributed by atoms with Crippen LogP contribution in [0.3, 0.4) is 0 Å². The Morgan fingerprint density at radius 3 is 2.25 bits per heavy atom. The van der Waals surface area contributed by atoms with E-state index in [0.717, 1.165) is 51.4 Å². The number of pyridine rings is 1. The zero-order valence-electron chi connectivity index (χ0n) is 23.2. The number of halogens is 3. The Kier molecular flexibility index (Phi) is 7.07. The van der Waals surface area contributed by atoms with E-state index < -0.39 is 11.6 Å². The maximum Gasteiger partial charge on any atom is 0.399 e. The molecule has 0 aliphatic carbocycles. The summed E-state index contributed by atoms with van der Waals surface area (Å²) in [7, 11) is 2.12. The molecule has 0 amide bonds. The Balaban J connectivity index is 1.52. The van der Waals surface area contributed by atoms with Gasteiger partial charge >= 0.3 is 6.18 Å². The Morgan fingerprint density at radius 2 is 1.62 bits per heavy atom. The molecular weight excluding hydrogens is 521 g/mol. The monoisotopic (exact) mass is 554 g/mol. The van der Waals surface area contributed by atoms with Gasteiger partial charge in [-0.1, -0.05) is 6.07 Å². The van der Waals surface area contributed by atoms with Gasteiger partial charge in [0.25, 0.3) is 5.56 Å². The molecule has 0 bridgehead atoms. The molecule has 212 valence electrons. The molecule has 5 rings (SSSR count). The SMILES string of the molecule is CC(C)n1c(=O)c2cnc(Nc3ccc(N4CCN(C)CC4)cc3)nc2n1-c1cccc(C(C)(C)C(F)(F)F)n1. The summed E-state index contributed by atoms with van der Waals surface area (Å²) < 4.78 is 44.3. The molecule has 4 aromatic rings. The summed E-state index contributed by atoms with van der Waals surface area (Å²) >= 11 is 0. The highest BCUT2D eigenvalue weighted by molar-refractivity contribution is 5.77. The van der Waals surface area contributed by atoms with E-state index in [4.69, 9.17) is 0 Å². The third-order valence-corrected chi connectivity index (χ3v) is 7.40. The van der Waals surface area contributed by atoms with Gasteiger partial charge in [-0.25, -0.2) is 19.3 Å². The largest absolute Gasteiger partial charge is 0.399 e. The molecule has 1 aliphatic rings. The fourth-order valence-corrected chi connectivity index (χ4v) is 4.73. The van der Waals surface area contributed by atoms with Gasteiger partial charge < -0.3 is 15.1 Å². The highest BCUT2D eigenvalue weighted by Gasteiger charge is 2.49. The van der Waals surface area contributed by atoms with E-state index in [2.05, 4.69) is 37.1 Å². The molecule has 0 atom stereocenters. The standard InChI is InChI=1S/C28H33F3N8O/c1-18(2)38-25(40)21-17-32-26(33-19-9-11-20(12-10-19)37-15-13-36(5)14-16-37)35-24(21)39(38)23-8-6-7-22(34-23)27(3,4)28(29,30)31/h6-12,17-18H,13-16H2,1-5H3,(H,32,33,35). The summed E-state index contributed by atoms with van der Waals surface area (Å²) in [5, 5.41) is 3.43. The minimum atomic E-state index is -4.51. The number of hydrogen-bond donors (Lipinski definition) is 1. The minimum Gasteiger partial charge on any atom is -0.369 e. The van der Waals surface area contributed by atoms with Crippen LogP contribution in [-0.2, 0) is 5.41 Å². The number of hydrogen-bond acceptors (Lipinski definition) is 7. The van der Waals surface area contributed by atoms with Gasteiger partial charge in [0.05, 0.1) is 5.69 Å². The molecule has 9 nitrogen and oxygen atoms in total. The number of nitrogens with one attached hydrogen (secondary N) is 1. The van der Waals surface area contributed by atoms with Crippen LogP contribution in [0.1, 0.15) is 39.4 Å². The number of rotatable bonds is 6. The lowest BCUT2D eigenvalue weighted by atomic mass is 9.88. The number of benzene rings is 1. The van der Waals surface area contributed by atoms with Gasteiger partial charge in [0.1, 0.15) is 10.8 Å². The summed E-state index contributed by atoms with van der Waals surface area (Å²) in [6.45, 7) is 9.74. The summed E-state index contributed by atoms with van der Waals surface area (Å²) in [5.74, 6) is 0.415. The smallest absolute Gasteiger partial charge is 0.369 e. The van der Waals surface area contributed by atoms with Gasteiger partial charge in [-0.05, 0) is 71.1 Å². The van der Waals surface area contributed by atoms with Crippen LogP contribution < -0.4 is 15.8 Å². The predicted octanol–water partition coefficient (Wildman–Crippen LogP) is 4.89. The van der Waals surface area contributed by atoms with Gasteiger partial charge in [-0.15, -0.1) is 0 Å². The second kappa shape index (κ2) is 10.2. The zero-order valence-corrected chi connectivity index (χ0v) is 23.2. The van der Waals surface area contributed by atoms with Crippen molar-refractivity contribution >= 4 is 28.4 Å². The van der Waals surface area contributed by atoms with Crippen molar-refractivity contribution in [2.45, 2.75) is 45.3 Å². The first-order valence-corrected chi connectivity index (χ1v) is 13.2. The van der Waals surface area contributed by atoms with Crippen LogP contribution in [0, 0.1) is 0 Å². The third kappa shape index (κ3) is 5.03. The molecule has 1 aliphatic heterocycles. The van der Waals surface area contributed by atoms with Crippen molar-refractivity contribution in [3.8, 4) is 5.82 Å². The maximum atomic E-state index is 13.8. The number of nitrogens with zero attached hydrogens (tertiary/aromatic N) is 7. The van der Waals surface area contributed by atoms with E-state index in [-0.39, 0.29) is 40.1 Å². The molecule has 4 heterocycles. The van der Waals surface area contributed by atoms with E-state index in [9.17, 15) is 18.0 Å². The topological polar surface area (TPSA) is 84.1 Å². The Hall–Kier alpha value is -3.93. The van der Waals surface area contributed by atoms with Crippen LogP contribution in [0.15, 0.2) is 53.5 Å². The molecule has 0 spiro atoms. The normalized spacial score (nSPS) is 15.3. The van der Waals surface area contributed by atoms with Crippen LogP contribution in [0.4, 0.5) is 30.5 Å². The molecule has 40 heavy (non-hydrogen) atoms. The molecule has 3 aromatic heterocycles. The summed E-state index contributed by atoms with van der Waals surface area (Å²) in [4.78, 5) is 31.3. The fourth-order valence-electron chi connectivity index (χ4n) is 4.73. The van der Waals surface area contributed by atoms with Crippen molar-refractivity contribution in [3.05, 3.63) is 64.7 Å². The van der Waals surface area contributed by atoms with Crippen LogP contribution >= 0.6 is 0 Å². The molecule has 0 saturated carbocycles. The molecular formula is C28H33F3N8O. The average Bonchev–Trinajstić information content (AvgIpc) is 3.21. The Labute approximate surface area is 230 Å². The van der Waals surface area contributed by atoms with Crippen molar-refractivity contribution in [2.24, 2.45) is 0 Å². The first-order valence-electron chi connectivity index (χ1n) is 13.2. The molecule has 1 saturated heterocycles. The highest BCUT2D eigenvalue weighted by Crippen LogP contribution is 2.39. The van der Waals surface area contributed by atoms with E-state index in [1.807, 2.05) is 38.1 Å². The van der Waals surface area contributed by atoms with Gasteiger partial charge in [-0.2, -0.15) is 18.2 Å². The van der Waals surface area contributed by atoms with Gasteiger partial charge in [-0.3, -0.25) is 4.79 Å². The second-order valence-corrected chi connectivity index (χ2v) is 11.0. The first-order chi connectivity index (χ1) is 18.9. The lowest BCUT2D eigenvalue weighted by Crippen LogP contribution is -2.44. The zero-order chi connectivity index (χ0) is 28.8. The fraction of sp³-hybridized carbons (Fsp3) is 0.429.